The summed E-state index contributed by atoms with van der Waals surface area (Å²) in [7, 11) is 0. The average Bonchev–Trinajstić information content (AvgIpc) is 3.18. The molecule has 0 heterocycles. The van der Waals surface area contributed by atoms with Gasteiger partial charge in [0.15, 0.2) is 0 Å². The number of hydrogen-bond acceptors (Lipinski definition) is 0. The van der Waals surface area contributed by atoms with Crippen LogP contribution in [0.15, 0.2) is 23.8 Å². The zero-order chi connectivity index (χ0) is 19.4. The summed E-state index contributed by atoms with van der Waals surface area (Å²) >= 11 is 0. The van der Waals surface area contributed by atoms with Crippen molar-refractivity contribution in [1.82, 2.24) is 0 Å². The van der Waals surface area contributed by atoms with Crippen LogP contribution in [-0.4, -0.2) is 0 Å². The van der Waals surface area contributed by atoms with E-state index in [0.717, 1.165) is 35.5 Å². The smallest absolute Gasteiger partial charge is 0.0143 e. The van der Waals surface area contributed by atoms with Gasteiger partial charge >= 0.3 is 0 Å². The molecule has 0 N–H and O–H groups in total. The molecule has 0 aromatic heterocycles. The molecule has 152 valence electrons. The highest BCUT2D eigenvalue weighted by atomic mass is 14.6. The van der Waals surface area contributed by atoms with Gasteiger partial charge in [0.2, 0.25) is 0 Å². The van der Waals surface area contributed by atoms with Gasteiger partial charge in [-0.15, -0.1) is 0 Å². The molecule has 4 aliphatic rings. The average molecular weight is 369 g/mol. The van der Waals surface area contributed by atoms with Crippen LogP contribution in [0.2, 0.25) is 0 Å². The highest BCUT2D eigenvalue weighted by Crippen LogP contribution is 2.67. The molecule has 0 unspecified atom stereocenters. The van der Waals surface area contributed by atoms with Gasteiger partial charge < -0.3 is 0 Å². The summed E-state index contributed by atoms with van der Waals surface area (Å²) in [6, 6.07) is 0. The Kier molecular flexibility index (Phi) is 5.18. The summed E-state index contributed by atoms with van der Waals surface area (Å²) in [6.45, 7) is 14.9. The molecule has 3 saturated carbocycles. The lowest BCUT2D eigenvalue weighted by molar-refractivity contribution is 0.0314. The molecular formula is C27H44. The lowest BCUT2D eigenvalue weighted by atomic mass is 9.51. The van der Waals surface area contributed by atoms with Crippen LogP contribution in [0.3, 0.4) is 0 Å². The minimum absolute atomic E-state index is 0.551. The fourth-order valence-electron chi connectivity index (χ4n) is 7.99. The van der Waals surface area contributed by atoms with E-state index in [0.29, 0.717) is 16.7 Å². The molecule has 0 radical (unpaired) electrons. The van der Waals surface area contributed by atoms with Gasteiger partial charge in [0.1, 0.15) is 0 Å². The number of hydrogen-bond donors (Lipinski definition) is 0. The molecule has 0 bridgehead atoms. The van der Waals surface area contributed by atoms with Crippen molar-refractivity contribution >= 4 is 0 Å². The van der Waals surface area contributed by atoms with Crippen molar-refractivity contribution in [3.63, 3.8) is 0 Å². The van der Waals surface area contributed by atoms with Gasteiger partial charge in [0, 0.05) is 0 Å². The van der Waals surface area contributed by atoms with Crippen LogP contribution in [0.25, 0.3) is 0 Å². The lowest BCUT2D eigenvalue weighted by Crippen LogP contribution is -2.45. The van der Waals surface area contributed by atoms with E-state index in [9.17, 15) is 0 Å². The van der Waals surface area contributed by atoms with E-state index in [1.165, 1.54) is 51.4 Å². The first-order valence-electron chi connectivity index (χ1n) is 12.2. The fraction of sp³-hybridized carbons (Fsp3) is 0.852. The maximum absolute atomic E-state index is 2.76. The van der Waals surface area contributed by atoms with E-state index < -0.39 is 0 Å². The summed E-state index contributed by atoms with van der Waals surface area (Å²) in [5.74, 6) is 5.87. The third-order valence-corrected chi connectivity index (χ3v) is 10.2. The van der Waals surface area contributed by atoms with Crippen LogP contribution in [0, 0.1) is 52.3 Å². The van der Waals surface area contributed by atoms with Gasteiger partial charge in [-0.1, -0.05) is 71.8 Å². The molecule has 0 heteroatoms. The van der Waals surface area contributed by atoms with Gasteiger partial charge in [0.05, 0.1) is 0 Å². The van der Waals surface area contributed by atoms with Gasteiger partial charge in [0.25, 0.3) is 0 Å². The van der Waals surface area contributed by atoms with Crippen molar-refractivity contribution in [2.24, 2.45) is 52.3 Å². The molecule has 0 spiro atoms. The quantitative estimate of drug-likeness (QED) is 0.440. The van der Waals surface area contributed by atoms with Crippen LogP contribution in [0.4, 0.5) is 0 Å². The Balaban J connectivity index is 1.54. The summed E-state index contributed by atoms with van der Waals surface area (Å²) in [5, 5.41) is 0. The van der Waals surface area contributed by atoms with Crippen LogP contribution in [0.1, 0.15) is 92.9 Å². The molecule has 8 atom stereocenters. The zero-order valence-electron chi connectivity index (χ0n) is 18.9. The molecule has 0 nitrogen and oxygen atoms in total. The molecule has 0 amide bonds. The number of allylic oxidation sites excluding steroid dienone is 4. The largest absolute Gasteiger partial charge is 0.0852 e. The molecule has 0 saturated heterocycles. The molecule has 0 aromatic rings. The Morgan fingerprint density at radius 2 is 1.63 bits per heavy atom. The van der Waals surface area contributed by atoms with Crippen LogP contribution in [0.5, 0.6) is 0 Å². The topological polar surface area (TPSA) is 0 Å². The molecular weight excluding hydrogens is 324 g/mol. The summed E-state index contributed by atoms with van der Waals surface area (Å²) in [4.78, 5) is 0. The molecule has 4 rings (SSSR count). The molecule has 0 aliphatic heterocycles. The van der Waals surface area contributed by atoms with E-state index in [-0.39, 0.29) is 0 Å². The Labute approximate surface area is 169 Å². The van der Waals surface area contributed by atoms with Gasteiger partial charge in [-0.25, -0.2) is 0 Å². The standard InChI is InChI=1S/C27H44/c1-18(2)19(3)9-10-20(4)23-13-14-24-22-12-11-21-8-7-16-26(21,5)25(22)15-17-27(23,24)6/h9-10,12,18-21,23-25H,7-8,11,13-17H2,1-6H3/b10-9+/t19-,20+,21-,23-,24+,25-,26+,27-/m0/s1. The normalized spacial score (nSPS) is 46.1. The van der Waals surface area contributed by atoms with E-state index >= 15 is 0 Å². The van der Waals surface area contributed by atoms with Crippen molar-refractivity contribution in [2.75, 3.05) is 0 Å². The van der Waals surface area contributed by atoms with Gasteiger partial charge in [-0.3, -0.25) is 0 Å². The third kappa shape index (κ3) is 3.08. The van der Waals surface area contributed by atoms with Gasteiger partial charge in [-0.2, -0.15) is 0 Å². The maximum Gasteiger partial charge on any atom is -0.0143 e. The van der Waals surface area contributed by atoms with Crippen LogP contribution in [-0.2, 0) is 0 Å². The molecule has 27 heavy (non-hydrogen) atoms. The SMILES string of the molecule is CC(C)[C@@H](C)/C=C/[C@@H](C)[C@@H]1CC[C@@H]2C3=CC[C@@H]4CCC[C@@]4(C)[C@H]3CC[C@]21C. The van der Waals surface area contributed by atoms with Crippen LogP contribution >= 0.6 is 0 Å². The second-order valence-corrected chi connectivity index (χ2v) is 11.7. The molecule has 3 fully saturated rings. The van der Waals surface area contributed by atoms with Gasteiger partial charge in [-0.05, 0) is 97.2 Å². The summed E-state index contributed by atoms with van der Waals surface area (Å²) in [5.41, 5.74) is 3.12. The Hall–Kier alpha value is -0.520. The first kappa shape index (κ1) is 19.8. The minimum atomic E-state index is 0.551. The zero-order valence-corrected chi connectivity index (χ0v) is 18.9. The van der Waals surface area contributed by atoms with E-state index in [4.69, 9.17) is 0 Å². The number of fused-ring (bicyclic) bond motifs is 5. The fourth-order valence-corrected chi connectivity index (χ4v) is 7.99. The highest BCUT2D eigenvalue weighted by molar-refractivity contribution is 5.28. The van der Waals surface area contributed by atoms with Crippen molar-refractivity contribution in [2.45, 2.75) is 92.9 Å². The maximum atomic E-state index is 2.76. The highest BCUT2D eigenvalue weighted by Gasteiger charge is 2.57. The Bertz CT molecular complexity index is 610. The first-order chi connectivity index (χ1) is 12.8. The Morgan fingerprint density at radius 1 is 0.889 bits per heavy atom. The summed E-state index contributed by atoms with van der Waals surface area (Å²) < 4.78 is 0. The predicted octanol–water partition coefficient (Wildman–Crippen LogP) is 8.05. The first-order valence-corrected chi connectivity index (χ1v) is 12.2. The summed E-state index contributed by atoms with van der Waals surface area (Å²) in [6.07, 6.45) is 19.6. The molecule has 4 aliphatic carbocycles. The van der Waals surface area contributed by atoms with Crippen molar-refractivity contribution in [3.05, 3.63) is 23.8 Å². The van der Waals surface area contributed by atoms with Crippen molar-refractivity contribution in [1.29, 1.82) is 0 Å². The van der Waals surface area contributed by atoms with Crippen molar-refractivity contribution < 1.29 is 0 Å². The second-order valence-electron chi connectivity index (χ2n) is 11.7. The Morgan fingerprint density at radius 3 is 2.37 bits per heavy atom. The third-order valence-electron chi connectivity index (χ3n) is 10.2. The van der Waals surface area contributed by atoms with E-state index in [1.54, 1.807) is 0 Å². The monoisotopic (exact) mass is 368 g/mol. The predicted molar refractivity (Wildman–Crippen MR) is 117 cm³/mol. The van der Waals surface area contributed by atoms with Crippen LogP contribution < -0.4 is 0 Å². The van der Waals surface area contributed by atoms with Crippen molar-refractivity contribution in [3.8, 4) is 0 Å². The van der Waals surface area contributed by atoms with E-state index in [2.05, 4.69) is 59.8 Å². The number of rotatable bonds is 4. The second kappa shape index (κ2) is 7.07. The minimum Gasteiger partial charge on any atom is -0.0852 e. The molecule has 0 aromatic carbocycles. The lowest BCUT2D eigenvalue weighted by Gasteiger charge is -2.54. The van der Waals surface area contributed by atoms with E-state index in [1.807, 2.05) is 5.57 Å².